The molecule has 1 aliphatic carbocycles. The molecule has 1 aromatic carbocycles. The molecule has 1 aliphatic heterocycles. The quantitative estimate of drug-likeness (QED) is 0.770. The van der Waals surface area contributed by atoms with Crippen molar-refractivity contribution >= 4 is 21.9 Å². The van der Waals surface area contributed by atoms with Gasteiger partial charge in [0.05, 0.1) is 6.26 Å². The maximum atomic E-state index is 12.6. The summed E-state index contributed by atoms with van der Waals surface area (Å²) in [5, 5.41) is 2.77. The molecule has 1 amide bonds. The molecule has 0 unspecified atom stereocenters. The summed E-state index contributed by atoms with van der Waals surface area (Å²) in [4.78, 5) is 24.5. The lowest BCUT2D eigenvalue weighted by molar-refractivity contribution is -0.158. The monoisotopic (exact) mass is 366 g/mol. The van der Waals surface area contributed by atoms with Crippen LogP contribution in [0.5, 0.6) is 0 Å². The van der Waals surface area contributed by atoms with Gasteiger partial charge in [-0.25, -0.2) is 8.42 Å². The molecule has 136 valence electrons. The predicted octanol–water partition coefficient (Wildman–Crippen LogP) is 0.583. The van der Waals surface area contributed by atoms with Crippen molar-refractivity contribution in [3.05, 3.63) is 35.4 Å². The maximum absolute atomic E-state index is 12.6. The first kappa shape index (κ1) is 17.9. The summed E-state index contributed by atoms with van der Waals surface area (Å²) in [6, 6.07) is 6.62. The molecule has 0 radical (unpaired) electrons. The number of carbonyl (C=O) groups excluding carboxylic acids is 2. The smallest absolute Gasteiger partial charge is 0.325 e. The van der Waals surface area contributed by atoms with E-state index >= 15 is 0 Å². The minimum Gasteiger partial charge on any atom is -0.451 e. The Kier molecular flexibility index (Phi) is 4.83. The lowest BCUT2D eigenvalue weighted by Gasteiger charge is -2.33. The molecular formula is C17H22N2O5S. The first-order chi connectivity index (χ1) is 11.8. The van der Waals surface area contributed by atoms with Gasteiger partial charge in [-0.3, -0.25) is 9.59 Å². The summed E-state index contributed by atoms with van der Waals surface area (Å²) >= 11 is 0. The highest BCUT2D eigenvalue weighted by Crippen LogP contribution is 2.26. The van der Waals surface area contributed by atoms with Gasteiger partial charge in [-0.05, 0) is 30.9 Å². The van der Waals surface area contributed by atoms with Gasteiger partial charge in [-0.15, -0.1) is 0 Å². The molecule has 1 saturated carbocycles. The van der Waals surface area contributed by atoms with Crippen molar-refractivity contribution < 1.29 is 22.7 Å². The summed E-state index contributed by atoms with van der Waals surface area (Å²) in [5.41, 5.74) is 1.79. The summed E-state index contributed by atoms with van der Waals surface area (Å²) in [5.74, 6) is -1.05. The molecule has 0 aromatic heterocycles. The number of sulfonamides is 1. The zero-order chi connectivity index (χ0) is 18.2. The molecular weight excluding hydrogens is 344 g/mol. The first-order valence-electron chi connectivity index (χ1n) is 8.30. The average molecular weight is 366 g/mol. The van der Waals surface area contributed by atoms with Crippen LogP contribution in [0.2, 0.25) is 0 Å². The third-order valence-corrected chi connectivity index (χ3v) is 5.72. The van der Waals surface area contributed by atoms with Crippen LogP contribution in [0.25, 0.3) is 0 Å². The van der Waals surface area contributed by atoms with E-state index in [4.69, 9.17) is 4.74 Å². The van der Waals surface area contributed by atoms with Crippen molar-refractivity contribution in [1.29, 1.82) is 0 Å². The molecule has 0 spiro atoms. The van der Waals surface area contributed by atoms with E-state index < -0.39 is 28.1 Å². The molecule has 25 heavy (non-hydrogen) atoms. The molecule has 2 atom stereocenters. The van der Waals surface area contributed by atoms with E-state index in [2.05, 4.69) is 5.32 Å². The van der Waals surface area contributed by atoms with Gasteiger partial charge < -0.3 is 10.1 Å². The zero-order valence-electron chi connectivity index (χ0n) is 14.3. The van der Waals surface area contributed by atoms with Crippen LogP contribution in [0.1, 0.15) is 30.9 Å². The Hall–Kier alpha value is -1.93. The van der Waals surface area contributed by atoms with Crippen molar-refractivity contribution in [2.45, 2.75) is 50.9 Å². The highest BCUT2D eigenvalue weighted by Gasteiger charge is 2.39. The third-order valence-electron chi connectivity index (χ3n) is 4.49. The van der Waals surface area contributed by atoms with E-state index in [0.29, 0.717) is 0 Å². The van der Waals surface area contributed by atoms with Gasteiger partial charge in [-0.2, -0.15) is 4.31 Å². The Balaban J connectivity index is 1.75. The van der Waals surface area contributed by atoms with Gasteiger partial charge in [0.15, 0.2) is 6.10 Å². The minimum atomic E-state index is -3.60. The zero-order valence-corrected chi connectivity index (χ0v) is 15.1. The fraction of sp³-hybridized carbons (Fsp3) is 0.529. The summed E-state index contributed by atoms with van der Waals surface area (Å²) < 4.78 is 30.7. The van der Waals surface area contributed by atoms with Gasteiger partial charge in [0.2, 0.25) is 10.0 Å². The number of carbonyl (C=O) groups is 2. The normalized spacial score (nSPS) is 21.9. The van der Waals surface area contributed by atoms with E-state index in [1.54, 1.807) is 0 Å². The molecule has 3 rings (SSSR count). The Morgan fingerprint density at radius 1 is 1.24 bits per heavy atom. The molecule has 1 fully saturated rings. The minimum absolute atomic E-state index is 0.122. The van der Waals surface area contributed by atoms with Gasteiger partial charge in [0, 0.05) is 19.0 Å². The Bertz CT molecular complexity index is 788. The topological polar surface area (TPSA) is 92.8 Å². The number of amides is 1. The third kappa shape index (κ3) is 4.19. The Labute approximate surface area is 147 Å². The standard InChI is InChI=1S/C17H22N2O5S/c1-11(16(20)18-14-7-8-14)24-17(21)15-9-12-5-3-4-6-13(12)10-19(15)25(2,22)23/h3-6,11,14-15H,7-10H2,1-2H3,(H,18,20)/t11-,15+/m1/s1. The molecule has 1 heterocycles. The molecule has 1 aromatic rings. The summed E-state index contributed by atoms with van der Waals surface area (Å²) in [6.45, 7) is 1.62. The SMILES string of the molecule is C[C@@H](OC(=O)[C@@H]1Cc2ccccc2CN1S(C)(=O)=O)C(=O)NC1CC1. The fourth-order valence-electron chi connectivity index (χ4n) is 2.90. The molecule has 7 nitrogen and oxygen atoms in total. The van der Waals surface area contributed by atoms with Crippen molar-refractivity contribution in [3.63, 3.8) is 0 Å². The number of rotatable bonds is 5. The highest BCUT2D eigenvalue weighted by atomic mass is 32.2. The van der Waals surface area contributed by atoms with Crippen LogP contribution >= 0.6 is 0 Å². The average Bonchev–Trinajstić information content (AvgIpc) is 3.36. The molecule has 1 N–H and O–H groups in total. The van der Waals surface area contributed by atoms with Crippen molar-refractivity contribution in [3.8, 4) is 0 Å². The van der Waals surface area contributed by atoms with Gasteiger partial charge in [-0.1, -0.05) is 24.3 Å². The number of fused-ring (bicyclic) bond motifs is 1. The van der Waals surface area contributed by atoms with E-state index in [0.717, 1.165) is 34.5 Å². The largest absolute Gasteiger partial charge is 0.451 e. The highest BCUT2D eigenvalue weighted by molar-refractivity contribution is 7.88. The summed E-state index contributed by atoms with van der Waals surface area (Å²) in [6.07, 6.45) is 2.23. The lowest BCUT2D eigenvalue weighted by Crippen LogP contribution is -2.50. The Morgan fingerprint density at radius 3 is 2.48 bits per heavy atom. The van der Waals surface area contributed by atoms with Crippen LogP contribution in [0.15, 0.2) is 24.3 Å². The van der Waals surface area contributed by atoms with Crippen LogP contribution < -0.4 is 5.32 Å². The number of nitrogens with zero attached hydrogens (tertiary/aromatic N) is 1. The lowest BCUT2D eigenvalue weighted by atomic mass is 9.96. The van der Waals surface area contributed by atoms with E-state index in [-0.39, 0.29) is 24.9 Å². The van der Waals surface area contributed by atoms with Gasteiger partial charge in [0.1, 0.15) is 6.04 Å². The van der Waals surface area contributed by atoms with E-state index in [9.17, 15) is 18.0 Å². The molecule has 2 aliphatic rings. The van der Waals surface area contributed by atoms with Crippen LogP contribution in [-0.2, 0) is 37.3 Å². The van der Waals surface area contributed by atoms with Gasteiger partial charge in [0.25, 0.3) is 5.91 Å². The second-order valence-corrected chi connectivity index (χ2v) is 8.59. The van der Waals surface area contributed by atoms with Gasteiger partial charge >= 0.3 is 5.97 Å². The van der Waals surface area contributed by atoms with Crippen molar-refractivity contribution in [2.75, 3.05) is 6.26 Å². The number of hydrogen-bond acceptors (Lipinski definition) is 5. The predicted molar refractivity (Wildman–Crippen MR) is 91.0 cm³/mol. The van der Waals surface area contributed by atoms with Crippen LogP contribution in [0.4, 0.5) is 0 Å². The number of ether oxygens (including phenoxy) is 1. The Morgan fingerprint density at radius 2 is 1.88 bits per heavy atom. The van der Waals surface area contributed by atoms with E-state index in [1.165, 1.54) is 6.92 Å². The maximum Gasteiger partial charge on any atom is 0.325 e. The second kappa shape index (κ2) is 6.76. The number of esters is 1. The number of benzene rings is 1. The molecule has 8 heteroatoms. The first-order valence-corrected chi connectivity index (χ1v) is 10.1. The van der Waals surface area contributed by atoms with Crippen LogP contribution in [0, 0.1) is 0 Å². The summed E-state index contributed by atoms with van der Waals surface area (Å²) in [7, 11) is -3.60. The molecule has 0 saturated heterocycles. The fourth-order valence-corrected chi connectivity index (χ4v) is 3.90. The second-order valence-electron chi connectivity index (χ2n) is 6.66. The van der Waals surface area contributed by atoms with Crippen LogP contribution in [-0.4, -0.2) is 49.0 Å². The number of hydrogen-bond donors (Lipinski definition) is 1. The molecule has 0 bridgehead atoms. The van der Waals surface area contributed by atoms with Crippen LogP contribution in [0.3, 0.4) is 0 Å². The van der Waals surface area contributed by atoms with E-state index in [1.807, 2.05) is 24.3 Å². The number of nitrogens with one attached hydrogen (secondary N) is 1. The van der Waals surface area contributed by atoms with Crippen molar-refractivity contribution in [2.24, 2.45) is 0 Å². The van der Waals surface area contributed by atoms with Crippen molar-refractivity contribution in [1.82, 2.24) is 9.62 Å².